The van der Waals surface area contributed by atoms with E-state index in [4.69, 9.17) is 23.2 Å². The summed E-state index contributed by atoms with van der Waals surface area (Å²) in [5.41, 5.74) is 4.75. The van der Waals surface area contributed by atoms with E-state index in [0.717, 1.165) is 33.7 Å². The van der Waals surface area contributed by atoms with Gasteiger partial charge in [0.1, 0.15) is 5.82 Å². The number of aromatic nitrogens is 4. The maximum atomic E-state index is 6.33. The lowest BCUT2D eigenvalue weighted by molar-refractivity contribution is 0.786. The molecule has 0 radical (unpaired) electrons. The molecule has 0 fully saturated rings. The first-order chi connectivity index (χ1) is 12.1. The number of hydrogen-bond acceptors (Lipinski definition) is 3. The number of fused-ring (bicyclic) bond motifs is 1. The number of hydrogen-bond donors (Lipinski definition) is 0. The van der Waals surface area contributed by atoms with Gasteiger partial charge in [-0.05, 0) is 42.8 Å². The van der Waals surface area contributed by atoms with Crippen LogP contribution in [-0.4, -0.2) is 19.5 Å². The third kappa shape index (κ3) is 3.11. The molecule has 2 heterocycles. The molecule has 0 amide bonds. The fourth-order valence-electron chi connectivity index (χ4n) is 2.89. The summed E-state index contributed by atoms with van der Waals surface area (Å²) in [7, 11) is 0. The Bertz CT molecular complexity index is 1060. The van der Waals surface area contributed by atoms with Crippen LogP contribution in [0.1, 0.15) is 11.4 Å². The van der Waals surface area contributed by atoms with Crippen LogP contribution < -0.4 is 0 Å². The molecule has 2 aromatic carbocycles. The highest BCUT2D eigenvalue weighted by molar-refractivity contribution is 6.33. The number of rotatable bonds is 3. The predicted octanol–water partition coefficient (Wildman–Crippen LogP) is 5.16. The minimum absolute atomic E-state index is 0.603. The van der Waals surface area contributed by atoms with Gasteiger partial charge in [0.05, 0.1) is 29.5 Å². The highest BCUT2D eigenvalue weighted by atomic mass is 35.5. The summed E-state index contributed by atoms with van der Waals surface area (Å²) >= 11 is 12.5. The zero-order valence-corrected chi connectivity index (χ0v) is 15.0. The van der Waals surface area contributed by atoms with Crippen LogP contribution in [-0.2, 0) is 6.54 Å². The average Bonchev–Trinajstić information content (AvgIpc) is 2.94. The van der Waals surface area contributed by atoms with Crippen molar-refractivity contribution in [3.05, 3.63) is 76.4 Å². The quantitative estimate of drug-likeness (QED) is 0.501. The first-order valence-electron chi connectivity index (χ1n) is 7.79. The van der Waals surface area contributed by atoms with Crippen molar-refractivity contribution in [2.24, 2.45) is 0 Å². The standard InChI is InChI=1S/C19H14Cl2N4/c1-12-24-17-5-2-13(18-10-22-6-7-23-18)9-19(17)25(12)11-14-8-15(20)3-4-16(14)21/h2-10H,11H2,1H3. The van der Waals surface area contributed by atoms with E-state index in [0.29, 0.717) is 16.6 Å². The second-order valence-electron chi connectivity index (χ2n) is 5.78. The Morgan fingerprint density at radius 1 is 1.04 bits per heavy atom. The number of halogens is 2. The molecule has 0 bridgehead atoms. The molecule has 2 aromatic heterocycles. The molecule has 6 heteroatoms. The van der Waals surface area contributed by atoms with Crippen LogP contribution in [0, 0.1) is 6.92 Å². The predicted molar refractivity (Wildman–Crippen MR) is 101 cm³/mol. The fraction of sp³-hybridized carbons (Fsp3) is 0.105. The fourth-order valence-corrected chi connectivity index (χ4v) is 3.26. The van der Waals surface area contributed by atoms with Crippen molar-refractivity contribution in [1.29, 1.82) is 0 Å². The summed E-state index contributed by atoms with van der Waals surface area (Å²) < 4.78 is 2.13. The molecule has 4 rings (SSSR count). The summed E-state index contributed by atoms with van der Waals surface area (Å²) in [6, 6.07) is 11.6. The summed E-state index contributed by atoms with van der Waals surface area (Å²) in [5.74, 6) is 0.919. The van der Waals surface area contributed by atoms with E-state index in [1.165, 1.54) is 0 Å². The first kappa shape index (κ1) is 16.1. The van der Waals surface area contributed by atoms with Gasteiger partial charge in [0, 0.05) is 28.0 Å². The maximum Gasteiger partial charge on any atom is 0.107 e. The van der Waals surface area contributed by atoms with Gasteiger partial charge in [-0.15, -0.1) is 0 Å². The summed E-state index contributed by atoms with van der Waals surface area (Å²) in [6.07, 6.45) is 5.11. The van der Waals surface area contributed by atoms with Crippen molar-refractivity contribution < 1.29 is 0 Å². The van der Waals surface area contributed by atoms with E-state index in [2.05, 4.69) is 25.6 Å². The van der Waals surface area contributed by atoms with Crippen LogP contribution in [0.5, 0.6) is 0 Å². The Kier molecular flexibility index (Phi) is 4.15. The molecule has 4 nitrogen and oxygen atoms in total. The van der Waals surface area contributed by atoms with Gasteiger partial charge in [-0.25, -0.2) is 4.98 Å². The van der Waals surface area contributed by atoms with Crippen molar-refractivity contribution in [3.63, 3.8) is 0 Å². The van der Waals surface area contributed by atoms with Gasteiger partial charge in [-0.2, -0.15) is 0 Å². The van der Waals surface area contributed by atoms with E-state index in [-0.39, 0.29) is 0 Å². The van der Waals surface area contributed by atoms with Gasteiger partial charge < -0.3 is 4.57 Å². The van der Waals surface area contributed by atoms with E-state index >= 15 is 0 Å². The highest BCUT2D eigenvalue weighted by Crippen LogP contribution is 2.27. The van der Waals surface area contributed by atoms with Crippen LogP contribution in [0.2, 0.25) is 10.0 Å². The minimum Gasteiger partial charge on any atom is -0.324 e. The monoisotopic (exact) mass is 368 g/mol. The normalized spacial score (nSPS) is 11.2. The van der Waals surface area contributed by atoms with Gasteiger partial charge in [0.15, 0.2) is 0 Å². The van der Waals surface area contributed by atoms with Gasteiger partial charge in [-0.1, -0.05) is 29.3 Å². The molecule has 0 saturated heterocycles. The molecule has 4 aromatic rings. The van der Waals surface area contributed by atoms with Crippen molar-refractivity contribution in [1.82, 2.24) is 19.5 Å². The SMILES string of the molecule is Cc1nc2ccc(-c3cnccn3)cc2n1Cc1cc(Cl)ccc1Cl. The maximum absolute atomic E-state index is 6.33. The van der Waals surface area contributed by atoms with Crippen LogP contribution in [0.3, 0.4) is 0 Å². The second-order valence-corrected chi connectivity index (χ2v) is 6.62. The lowest BCUT2D eigenvalue weighted by atomic mass is 10.1. The average molecular weight is 369 g/mol. The zero-order chi connectivity index (χ0) is 17.4. The summed E-state index contributed by atoms with van der Waals surface area (Å²) in [4.78, 5) is 13.2. The van der Waals surface area contributed by atoms with Gasteiger partial charge in [0.2, 0.25) is 0 Å². The van der Waals surface area contributed by atoms with Crippen molar-refractivity contribution in [2.45, 2.75) is 13.5 Å². The Morgan fingerprint density at radius 2 is 1.92 bits per heavy atom. The Hall–Kier alpha value is -2.43. The number of aryl methyl sites for hydroxylation is 1. The van der Waals surface area contributed by atoms with Gasteiger partial charge in [0.25, 0.3) is 0 Å². The lowest BCUT2D eigenvalue weighted by Gasteiger charge is -2.10. The molecule has 0 atom stereocenters. The number of benzene rings is 2. The molecular formula is C19H14Cl2N4. The summed E-state index contributed by atoms with van der Waals surface area (Å²) in [5, 5.41) is 1.36. The third-order valence-corrected chi connectivity index (χ3v) is 4.74. The van der Waals surface area contributed by atoms with Gasteiger partial charge in [-0.3, -0.25) is 9.97 Å². The minimum atomic E-state index is 0.603. The van der Waals surface area contributed by atoms with Gasteiger partial charge >= 0.3 is 0 Å². The first-order valence-corrected chi connectivity index (χ1v) is 8.54. The van der Waals surface area contributed by atoms with Crippen LogP contribution in [0.25, 0.3) is 22.3 Å². The molecule has 0 unspecified atom stereocenters. The molecule has 0 saturated carbocycles. The Labute approximate surface area is 155 Å². The van der Waals surface area contributed by atoms with Crippen LogP contribution >= 0.6 is 23.2 Å². The number of imidazole rings is 1. The molecular weight excluding hydrogens is 355 g/mol. The Morgan fingerprint density at radius 3 is 2.72 bits per heavy atom. The molecule has 0 aliphatic heterocycles. The van der Waals surface area contributed by atoms with E-state index in [9.17, 15) is 0 Å². The third-order valence-electron chi connectivity index (χ3n) is 4.13. The zero-order valence-electron chi connectivity index (χ0n) is 13.4. The van der Waals surface area contributed by atoms with Crippen molar-refractivity contribution in [2.75, 3.05) is 0 Å². The smallest absolute Gasteiger partial charge is 0.107 e. The Balaban J connectivity index is 1.83. The van der Waals surface area contributed by atoms with Crippen molar-refractivity contribution in [3.8, 4) is 11.3 Å². The van der Waals surface area contributed by atoms with Crippen LogP contribution in [0.15, 0.2) is 55.0 Å². The molecule has 0 aliphatic rings. The molecule has 0 spiro atoms. The summed E-state index contributed by atoms with van der Waals surface area (Å²) in [6.45, 7) is 2.59. The topological polar surface area (TPSA) is 43.6 Å². The lowest BCUT2D eigenvalue weighted by Crippen LogP contribution is -2.02. The molecule has 124 valence electrons. The van der Waals surface area contributed by atoms with E-state index in [1.54, 1.807) is 24.7 Å². The largest absolute Gasteiger partial charge is 0.324 e. The second kappa shape index (κ2) is 6.47. The molecule has 0 aliphatic carbocycles. The van der Waals surface area contributed by atoms with E-state index in [1.807, 2.05) is 31.2 Å². The molecule has 0 N–H and O–H groups in total. The van der Waals surface area contributed by atoms with Crippen LogP contribution in [0.4, 0.5) is 0 Å². The number of nitrogens with zero attached hydrogens (tertiary/aromatic N) is 4. The highest BCUT2D eigenvalue weighted by Gasteiger charge is 2.12. The van der Waals surface area contributed by atoms with Crippen molar-refractivity contribution >= 4 is 34.2 Å². The molecule has 25 heavy (non-hydrogen) atoms. The van der Waals surface area contributed by atoms with E-state index < -0.39 is 0 Å².